The second-order valence-electron chi connectivity index (χ2n) is 5.43. The molecule has 0 heterocycles. The molecule has 1 saturated carbocycles. The molecule has 3 heteroatoms. The van der Waals surface area contributed by atoms with Gasteiger partial charge >= 0.3 is 0 Å². The summed E-state index contributed by atoms with van der Waals surface area (Å²) < 4.78 is 5.09. The number of nitrogens with one attached hydrogen (secondary N) is 2. The van der Waals surface area contributed by atoms with Gasteiger partial charge in [-0.1, -0.05) is 24.3 Å². The van der Waals surface area contributed by atoms with Gasteiger partial charge in [0, 0.05) is 31.9 Å². The Morgan fingerprint density at radius 1 is 1.20 bits per heavy atom. The first kappa shape index (κ1) is 13.4. The Morgan fingerprint density at radius 2 is 2.05 bits per heavy atom. The Kier molecular flexibility index (Phi) is 4.19. The second-order valence-corrected chi connectivity index (χ2v) is 5.43. The van der Waals surface area contributed by atoms with Crippen LogP contribution in [0.5, 0.6) is 0 Å². The molecular weight excluding hydrogens is 248 g/mol. The van der Waals surface area contributed by atoms with Crippen molar-refractivity contribution in [3.8, 4) is 0 Å². The maximum Gasteiger partial charge on any atom is 0.0635 e. The summed E-state index contributed by atoms with van der Waals surface area (Å²) in [6.07, 6.45) is 2.65. The van der Waals surface area contributed by atoms with Crippen molar-refractivity contribution in [2.45, 2.75) is 25.4 Å². The van der Waals surface area contributed by atoms with Gasteiger partial charge in [0.1, 0.15) is 0 Å². The minimum atomic E-state index is 0.725. The van der Waals surface area contributed by atoms with Gasteiger partial charge < -0.3 is 15.4 Å². The molecule has 2 N–H and O–H groups in total. The topological polar surface area (TPSA) is 33.3 Å². The first-order valence-electron chi connectivity index (χ1n) is 7.34. The van der Waals surface area contributed by atoms with E-state index < -0.39 is 0 Å². The van der Waals surface area contributed by atoms with Crippen molar-refractivity contribution in [1.82, 2.24) is 5.32 Å². The van der Waals surface area contributed by atoms with E-state index in [1.807, 2.05) is 0 Å². The van der Waals surface area contributed by atoms with Crippen LogP contribution >= 0.6 is 0 Å². The van der Waals surface area contributed by atoms with Crippen LogP contribution in [0.25, 0.3) is 10.8 Å². The normalized spacial score (nSPS) is 14.7. The summed E-state index contributed by atoms with van der Waals surface area (Å²) in [6.45, 7) is 2.51. The smallest absolute Gasteiger partial charge is 0.0635 e. The van der Waals surface area contributed by atoms with Gasteiger partial charge in [-0.3, -0.25) is 0 Å². The minimum Gasteiger partial charge on any atom is -0.383 e. The van der Waals surface area contributed by atoms with Crippen molar-refractivity contribution in [1.29, 1.82) is 0 Å². The number of methoxy groups -OCH3 is 1. The Labute approximate surface area is 120 Å². The van der Waals surface area contributed by atoms with E-state index in [0.29, 0.717) is 0 Å². The van der Waals surface area contributed by atoms with Gasteiger partial charge in [-0.15, -0.1) is 0 Å². The van der Waals surface area contributed by atoms with Crippen LogP contribution in [0.1, 0.15) is 18.4 Å². The van der Waals surface area contributed by atoms with Crippen molar-refractivity contribution in [2.75, 3.05) is 25.6 Å². The zero-order chi connectivity index (χ0) is 13.8. The highest BCUT2D eigenvalue weighted by Gasteiger charge is 2.20. The molecule has 3 rings (SSSR count). The van der Waals surface area contributed by atoms with Gasteiger partial charge in [0.25, 0.3) is 0 Å². The molecule has 0 spiro atoms. The van der Waals surface area contributed by atoms with Gasteiger partial charge in [0.15, 0.2) is 0 Å². The quantitative estimate of drug-likeness (QED) is 0.758. The summed E-state index contributed by atoms with van der Waals surface area (Å²) in [4.78, 5) is 0. The molecule has 0 unspecified atom stereocenters. The van der Waals surface area contributed by atoms with E-state index in [1.54, 1.807) is 7.11 Å². The molecule has 1 aliphatic rings. The maximum absolute atomic E-state index is 5.09. The predicted octanol–water partition coefficient (Wildman–Crippen LogP) is 3.15. The maximum atomic E-state index is 5.09. The first-order chi connectivity index (χ1) is 9.86. The molecule has 0 amide bonds. The zero-order valence-corrected chi connectivity index (χ0v) is 12.0. The van der Waals surface area contributed by atoms with Crippen molar-refractivity contribution >= 4 is 16.5 Å². The van der Waals surface area contributed by atoms with E-state index in [2.05, 4.69) is 47.0 Å². The van der Waals surface area contributed by atoms with Crippen LogP contribution in [0.4, 0.5) is 5.69 Å². The highest BCUT2D eigenvalue weighted by molar-refractivity contribution is 5.89. The molecular formula is C17H22N2O. The van der Waals surface area contributed by atoms with Crippen molar-refractivity contribution < 1.29 is 4.74 Å². The molecule has 0 saturated heterocycles. The number of anilines is 1. The molecule has 0 atom stereocenters. The lowest BCUT2D eigenvalue weighted by Gasteiger charge is -2.12. The monoisotopic (exact) mass is 270 g/mol. The Morgan fingerprint density at radius 3 is 2.85 bits per heavy atom. The van der Waals surface area contributed by atoms with E-state index in [4.69, 9.17) is 4.74 Å². The molecule has 20 heavy (non-hydrogen) atoms. The van der Waals surface area contributed by atoms with E-state index in [0.717, 1.165) is 25.7 Å². The van der Waals surface area contributed by atoms with E-state index in [9.17, 15) is 0 Å². The summed E-state index contributed by atoms with van der Waals surface area (Å²) in [7, 11) is 1.73. The molecule has 3 nitrogen and oxygen atoms in total. The molecule has 0 bridgehead atoms. The summed E-state index contributed by atoms with van der Waals surface area (Å²) in [5.74, 6) is 0. The molecule has 1 aliphatic carbocycles. The average Bonchev–Trinajstić information content (AvgIpc) is 3.29. The first-order valence-corrected chi connectivity index (χ1v) is 7.34. The van der Waals surface area contributed by atoms with Crippen LogP contribution in [0.3, 0.4) is 0 Å². The number of hydrogen-bond donors (Lipinski definition) is 2. The summed E-state index contributed by atoms with van der Waals surface area (Å²) >= 11 is 0. The molecule has 0 radical (unpaired) electrons. The number of benzene rings is 2. The van der Waals surface area contributed by atoms with Crippen LogP contribution < -0.4 is 10.6 Å². The molecule has 0 aromatic heterocycles. The lowest BCUT2D eigenvalue weighted by molar-refractivity contribution is 0.211. The summed E-state index contributed by atoms with van der Waals surface area (Å²) in [6, 6.07) is 13.8. The third-order valence-electron chi connectivity index (χ3n) is 3.74. The van der Waals surface area contributed by atoms with Gasteiger partial charge in [-0.05, 0) is 41.3 Å². The highest BCUT2D eigenvalue weighted by atomic mass is 16.5. The SMILES string of the molecule is COCCNc1cc(CNC2CC2)c2ccccc2c1. The summed E-state index contributed by atoms with van der Waals surface area (Å²) in [5.41, 5.74) is 2.54. The third-order valence-corrected chi connectivity index (χ3v) is 3.74. The minimum absolute atomic E-state index is 0.725. The molecule has 2 aromatic rings. The number of ether oxygens (including phenoxy) is 1. The second kappa shape index (κ2) is 6.25. The standard InChI is InChI=1S/C17H22N2O/c1-20-9-8-18-16-10-13-4-2-3-5-17(13)14(11-16)12-19-15-6-7-15/h2-5,10-11,15,18-19H,6-9,12H2,1H3. The number of hydrogen-bond acceptors (Lipinski definition) is 3. The predicted molar refractivity (Wildman–Crippen MR) is 84.2 cm³/mol. The van der Waals surface area contributed by atoms with Gasteiger partial charge in [-0.25, -0.2) is 0 Å². The highest BCUT2D eigenvalue weighted by Crippen LogP contribution is 2.25. The fourth-order valence-corrected chi connectivity index (χ4v) is 2.48. The van der Waals surface area contributed by atoms with E-state index in [-0.39, 0.29) is 0 Å². The van der Waals surface area contributed by atoms with Gasteiger partial charge in [-0.2, -0.15) is 0 Å². The fourth-order valence-electron chi connectivity index (χ4n) is 2.48. The molecule has 1 fully saturated rings. The van der Waals surface area contributed by atoms with Gasteiger partial charge in [0.05, 0.1) is 6.61 Å². The van der Waals surface area contributed by atoms with Crippen LogP contribution in [-0.4, -0.2) is 26.3 Å². The van der Waals surface area contributed by atoms with Crippen molar-refractivity contribution in [2.24, 2.45) is 0 Å². The van der Waals surface area contributed by atoms with Crippen molar-refractivity contribution in [3.63, 3.8) is 0 Å². The number of rotatable bonds is 7. The molecule has 2 aromatic carbocycles. The Hall–Kier alpha value is -1.58. The lowest BCUT2D eigenvalue weighted by atomic mass is 10.0. The average molecular weight is 270 g/mol. The summed E-state index contributed by atoms with van der Waals surface area (Å²) in [5, 5.41) is 9.67. The van der Waals surface area contributed by atoms with Gasteiger partial charge in [0.2, 0.25) is 0 Å². The van der Waals surface area contributed by atoms with Crippen LogP contribution in [0, 0.1) is 0 Å². The zero-order valence-electron chi connectivity index (χ0n) is 12.0. The third kappa shape index (κ3) is 3.30. The molecule has 0 aliphatic heterocycles. The number of fused-ring (bicyclic) bond motifs is 1. The molecule has 106 valence electrons. The van der Waals surface area contributed by atoms with Crippen molar-refractivity contribution in [3.05, 3.63) is 42.0 Å². The van der Waals surface area contributed by atoms with Crippen LogP contribution in [-0.2, 0) is 11.3 Å². The fraction of sp³-hybridized carbons (Fsp3) is 0.412. The van der Waals surface area contributed by atoms with Crippen LogP contribution in [0.2, 0.25) is 0 Å². The van der Waals surface area contributed by atoms with E-state index >= 15 is 0 Å². The van der Waals surface area contributed by atoms with E-state index in [1.165, 1.54) is 34.9 Å². The Balaban J connectivity index is 1.83. The lowest BCUT2D eigenvalue weighted by Crippen LogP contribution is -2.16. The largest absolute Gasteiger partial charge is 0.383 e. The Bertz CT molecular complexity index is 578. The van der Waals surface area contributed by atoms with Crippen LogP contribution in [0.15, 0.2) is 36.4 Å².